The largest absolute Gasteiger partial charge is 0.493 e. The molecule has 2 aromatic rings. The lowest BCUT2D eigenvalue weighted by Crippen LogP contribution is -2.30. The molecule has 0 aromatic heterocycles. The third-order valence-electron chi connectivity index (χ3n) is 3.65. The van der Waals surface area contributed by atoms with Crippen LogP contribution >= 0.6 is 0 Å². The van der Waals surface area contributed by atoms with Crippen molar-refractivity contribution in [3.63, 3.8) is 0 Å². The van der Waals surface area contributed by atoms with E-state index in [0.717, 1.165) is 11.1 Å². The van der Waals surface area contributed by atoms with Crippen LogP contribution in [-0.2, 0) is 4.79 Å². The summed E-state index contributed by atoms with van der Waals surface area (Å²) in [5, 5.41) is 2.82. The number of anilines is 1. The van der Waals surface area contributed by atoms with Crippen LogP contribution in [0.25, 0.3) is 0 Å². The van der Waals surface area contributed by atoms with Gasteiger partial charge in [0.15, 0.2) is 17.6 Å². The van der Waals surface area contributed by atoms with Crippen LogP contribution in [0.4, 0.5) is 5.69 Å². The van der Waals surface area contributed by atoms with Gasteiger partial charge in [-0.3, -0.25) is 4.79 Å². The Morgan fingerprint density at radius 3 is 2.25 bits per heavy atom. The Hall–Kier alpha value is -2.69. The molecule has 1 amide bonds. The number of nitrogens with one attached hydrogen (secondary N) is 1. The average molecular weight is 329 g/mol. The van der Waals surface area contributed by atoms with E-state index in [1.807, 2.05) is 32.0 Å². The highest BCUT2D eigenvalue weighted by atomic mass is 16.5. The molecule has 2 aromatic carbocycles. The number of methoxy groups -OCH3 is 2. The summed E-state index contributed by atoms with van der Waals surface area (Å²) in [6.07, 6.45) is -0.625. The Kier molecular flexibility index (Phi) is 5.68. The van der Waals surface area contributed by atoms with Gasteiger partial charge in [-0.15, -0.1) is 0 Å². The summed E-state index contributed by atoms with van der Waals surface area (Å²) in [4.78, 5) is 12.3. The number of hydrogen-bond acceptors (Lipinski definition) is 4. The zero-order valence-corrected chi connectivity index (χ0v) is 14.7. The SMILES string of the molecule is COc1ccc(NC(=O)C(C)Oc2ccc(C)cc2C)cc1OC. The lowest BCUT2D eigenvalue weighted by molar-refractivity contribution is -0.122. The number of aryl methyl sites for hydroxylation is 2. The van der Waals surface area contributed by atoms with Gasteiger partial charge >= 0.3 is 0 Å². The van der Waals surface area contributed by atoms with Crippen LogP contribution in [0.15, 0.2) is 36.4 Å². The molecule has 0 fully saturated rings. The van der Waals surface area contributed by atoms with Gasteiger partial charge in [0.1, 0.15) is 5.75 Å². The van der Waals surface area contributed by atoms with E-state index < -0.39 is 6.10 Å². The van der Waals surface area contributed by atoms with E-state index in [-0.39, 0.29) is 5.91 Å². The maximum Gasteiger partial charge on any atom is 0.265 e. The zero-order chi connectivity index (χ0) is 17.7. The van der Waals surface area contributed by atoms with Crippen molar-refractivity contribution in [2.75, 3.05) is 19.5 Å². The molecule has 128 valence electrons. The smallest absolute Gasteiger partial charge is 0.265 e. The molecule has 5 heteroatoms. The first-order valence-corrected chi connectivity index (χ1v) is 7.71. The Bertz CT molecular complexity index is 727. The van der Waals surface area contributed by atoms with Crippen molar-refractivity contribution in [2.45, 2.75) is 26.9 Å². The van der Waals surface area contributed by atoms with Crippen molar-refractivity contribution >= 4 is 11.6 Å². The summed E-state index contributed by atoms with van der Waals surface area (Å²) in [7, 11) is 3.12. The first kappa shape index (κ1) is 17.7. The first-order valence-electron chi connectivity index (χ1n) is 7.71. The van der Waals surface area contributed by atoms with Crippen molar-refractivity contribution in [3.05, 3.63) is 47.5 Å². The number of hydrogen-bond donors (Lipinski definition) is 1. The maximum atomic E-state index is 12.3. The molecule has 0 aliphatic carbocycles. The van der Waals surface area contributed by atoms with Crippen LogP contribution in [0.5, 0.6) is 17.2 Å². The van der Waals surface area contributed by atoms with E-state index in [9.17, 15) is 4.79 Å². The van der Waals surface area contributed by atoms with Crippen LogP contribution in [0.1, 0.15) is 18.1 Å². The van der Waals surface area contributed by atoms with E-state index in [1.54, 1.807) is 39.3 Å². The molecule has 0 aliphatic rings. The molecular formula is C19H23NO4. The van der Waals surface area contributed by atoms with Crippen molar-refractivity contribution in [1.29, 1.82) is 0 Å². The minimum Gasteiger partial charge on any atom is -0.493 e. The molecule has 0 saturated heterocycles. The lowest BCUT2D eigenvalue weighted by atomic mass is 10.1. The predicted molar refractivity (Wildman–Crippen MR) is 94.2 cm³/mol. The zero-order valence-electron chi connectivity index (χ0n) is 14.7. The summed E-state index contributed by atoms with van der Waals surface area (Å²) in [5.74, 6) is 1.63. The van der Waals surface area contributed by atoms with E-state index in [1.165, 1.54) is 0 Å². The van der Waals surface area contributed by atoms with Gasteiger partial charge in [-0.25, -0.2) is 0 Å². The molecule has 1 unspecified atom stereocenters. The monoisotopic (exact) mass is 329 g/mol. The van der Waals surface area contributed by atoms with Crippen LogP contribution in [0.3, 0.4) is 0 Å². The Labute approximate surface area is 142 Å². The Morgan fingerprint density at radius 2 is 1.62 bits per heavy atom. The molecular weight excluding hydrogens is 306 g/mol. The second-order valence-electron chi connectivity index (χ2n) is 5.59. The average Bonchev–Trinajstić information content (AvgIpc) is 2.57. The van der Waals surface area contributed by atoms with Gasteiger partial charge in [-0.1, -0.05) is 17.7 Å². The first-order chi connectivity index (χ1) is 11.4. The molecule has 2 rings (SSSR count). The number of amides is 1. The third-order valence-corrected chi connectivity index (χ3v) is 3.65. The lowest BCUT2D eigenvalue weighted by Gasteiger charge is -2.17. The Morgan fingerprint density at radius 1 is 0.958 bits per heavy atom. The number of rotatable bonds is 6. The predicted octanol–water partition coefficient (Wildman–Crippen LogP) is 3.73. The van der Waals surface area contributed by atoms with Gasteiger partial charge in [0.25, 0.3) is 5.91 Å². The molecule has 5 nitrogen and oxygen atoms in total. The van der Waals surface area contributed by atoms with E-state index >= 15 is 0 Å². The standard InChI is InChI=1S/C19H23NO4/c1-12-6-8-16(13(2)10-12)24-14(3)19(21)20-15-7-9-17(22-4)18(11-15)23-5/h6-11,14H,1-5H3,(H,20,21). The van der Waals surface area contributed by atoms with E-state index in [0.29, 0.717) is 22.9 Å². The van der Waals surface area contributed by atoms with Crippen molar-refractivity contribution in [2.24, 2.45) is 0 Å². The highest BCUT2D eigenvalue weighted by Crippen LogP contribution is 2.30. The molecule has 0 saturated carbocycles. The van der Waals surface area contributed by atoms with Gasteiger partial charge in [-0.05, 0) is 44.5 Å². The van der Waals surface area contributed by atoms with Gasteiger partial charge in [-0.2, -0.15) is 0 Å². The summed E-state index contributed by atoms with van der Waals surface area (Å²) >= 11 is 0. The van der Waals surface area contributed by atoms with Crippen LogP contribution in [0, 0.1) is 13.8 Å². The summed E-state index contributed by atoms with van der Waals surface area (Å²) in [5.41, 5.74) is 2.77. The number of carbonyl (C=O) groups is 1. The summed E-state index contributed by atoms with van der Waals surface area (Å²) in [6, 6.07) is 11.1. The molecule has 24 heavy (non-hydrogen) atoms. The topological polar surface area (TPSA) is 56.8 Å². The van der Waals surface area contributed by atoms with E-state index in [2.05, 4.69) is 5.32 Å². The molecule has 0 spiro atoms. The van der Waals surface area contributed by atoms with Gasteiger partial charge in [0.2, 0.25) is 0 Å². The number of carbonyl (C=O) groups excluding carboxylic acids is 1. The molecule has 1 N–H and O–H groups in total. The van der Waals surface area contributed by atoms with Gasteiger partial charge in [0, 0.05) is 11.8 Å². The maximum absolute atomic E-state index is 12.3. The summed E-state index contributed by atoms with van der Waals surface area (Å²) in [6.45, 7) is 5.70. The van der Waals surface area contributed by atoms with Crippen LogP contribution in [0.2, 0.25) is 0 Å². The van der Waals surface area contributed by atoms with Gasteiger partial charge < -0.3 is 19.5 Å². The highest BCUT2D eigenvalue weighted by Gasteiger charge is 2.16. The fourth-order valence-electron chi connectivity index (χ4n) is 2.33. The minimum absolute atomic E-state index is 0.234. The Balaban J connectivity index is 2.06. The normalized spacial score (nSPS) is 11.5. The quantitative estimate of drug-likeness (QED) is 0.877. The molecule has 1 atom stereocenters. The minimum atomic E-state index is -0.625. The third kappa shape index (κ3) is 4.19. The fraction of sp³-hybridized carbons (Fsp3) is 0.316. The van der Waals surface area contributed by atoms with Crippen molar-refractivity contribution in [3.8, 4) is 17.2 Å². The molecule has 0 bridgehead atoms. The highest BCUT2D eigenvalue weighted by molar-refractivity contribution is 5.94. The number of benzene rings is 2. The molecule has 0 radical (unpaired) electrons. The number of ether oxygens (including phenoxy) is 3. The fourth-order valence-corrected chi connectivity index (χ4v) is 2.33. The van der Waals surface area contributed by atoms with Crippen molar-refractivity contribution in [1.82, 2.24) is 0 Å². The molecule has 0 heterocycles. The van der Waals surface area contributed by atoms with Gasteiger partial charge in [0.05, 0.1) is 14.2 Å². The van der Waals surface area contributed by atoms with E-state index in [4.69, 9.17) is 14.2 Å². The second-order valence-corrected chi connectivity index (χ2v) is 5.59. The molecule has 0 aliphatic heterocycles. The van der Waals surface area contributed by atoms with Crippen LogP contribution in [-0.4, -0.2) is 26.2 Å². The summed E-state index contributed by atoms with van der Waals surface area (Å²) < 4.78 is 16.2. The van der Waals surface area contributed by atoms with Crippen LogP contribution < -0.4 is 19.5 Å². The second kappa shape index (κ2) is 7.73. The van der Waals surface area contributed by atoms with Crippen molar-refractivity contribution < 1.29 is 19.0 Å².